The van der Waals surface area contributed by atoms with E-state index >= 15 is 0 Å². The Balaban J connectivity index is 2.32. The van der Waals surface area contributed by atoms with E-state index in [1.54, 1.807) is 6.07 Å². The summed E-state index contributed by atoms with van der Waals surface area (Å²) in [4.78, 5) is 0. The zero-order valence-corrected chi connectivity index (χ0v) is 10.7. The quantitative estimate of drug-likeness (QED) is 0.866. The maximum atomic E-state index is 13.9. The summed E-state index contributed by atoms with van der Waals surface area (Å²) in [6, 6.07) is 14.8. The topological polar surface area (TPSA) is 26.0 Å². The van der Waals surface area contributed by atoms with Crippen LogP contribution in [0.4, 0.5) is 4.39 Å². The van der Waals surface area contributed by atoms with Crippen molar-refractivity contribution < 1.29 is 4.39 Å². The standard InChI is InChI=1S/C16H18FN/c1-11(2)14-9-8-13(10-15(14)17)16(18)12-6-4-3-5-7-12/h3-11,16H,18H2,1-2H3. The number of hydrogen-bond acceptors (Lipinski definition) is 1. The largest absolute Gasteiger partial charge is 0.320 e. The van der Waals surface area contributed by atoms with E-state index in [1.807, 2.05) is 56.3 Å². The molecule has 1 atom stereocenters. The molecule has 94 valence electrons. The average Bonchev–Trinajstić information content (AvgIpc) is 2.38. The van der Waals surface area contributed by atoms with Gasteiger partial charge in [0.05, 0.1) is 6.04 Å². The smallest absolute Gasteiger partial charge is 0.127 e. The summed E-state index contributed by atoms with van der Waals surface area (Å²) in [5.74, 6) is 0.0147. The second-order valence-electron chi connectivity index (χ2n) is 4.82. The minimum atomic E-state index is -0.276. The Kier molecular flexibility index (Phi) is 3.78. The molecule has 2 rings (SSSR count). The van der Waals surface area contributed by atoms with Crippen molar-refractivity contribution >= 4 is 0 Å². The summed E-state index contributed by atoms with van der Waals surface area (Å²) < 4.78 is 13.9. The molecule has 2 heteroatoms. The molecule has 0 fully saturated rings. The van der Waals surface area contributed by atoms with Crippen LogP contribution in [0.1, 0.15) is 42.5 Å². The maximum absolute atomic E-state index is 13.9. The first-order valence-electron chi connectivity index (χ1n) is 6.19. The van der Waals surface area contributed by atoms with Gasteiger partial charge in [-0.1, -0.05) is 56.3 Å². The summed E-state index contributed by atoms with van der Waals surface area (Å²) in [6.45, 7) is 3.96. The van der Waals surface area contributed by atoms with Crippen molar-refractivity contribution in [2.45, 2.75) is 25.8 Å². The summed E-state index contributed by atoms with van der Waals surface area (Å²) in [7, 11) is 0. The molecule has 2 aromatic carbocycles. The van der Waals surface area contributed by atoms with Gasteiger partial charge in [-0.3, -0.25) is 0 Å². The van der Waals surface area contributed by atoms with Crippen LogP contribution in [0.15, 0.2) is 48.5 Å². The SMILES string of the molecule is CC(C)c1ccc(C(N)c2ccccc2)cc1F. The Labute approximate surface area is 107 Å². The van der Waals surface area contributed by atoms with E-state index in [1.165, 1.54) is 0 Å². The van der Waals surface area contributed by atoms with E-state index in [4.69, 9.17) is 5.73 Å². The molecule has 0 radical (unpaired) electrons. The highest BCUT2D eigenvalue weighted by Crippen LogP contribution is 2.24. The maximum Gasteiger partial charge on any atom is 0.127 e. The number of benzene rings is 2. The molecule has 1 nitrogen and oxygen atoms in total. The molecule has 0 amide bonds. The second kappa shape index (κ2) is 5.32. The number of nitrogens with two attached hydrogens (primary N) is 1. The molecule has 0 aliphatic carbocycles. The number of halogens is 1. The van der Waals surface area contributed by atoms with Gasteiger partial charge in [-0.15, -0.1) is 0 Å². The third kappa shape index (κ3) is 2.59. The first kappa shape index (κ1) is 12.8. The zero-order valence-electron chi connectivity index (χ0n) is 10.7. The fraction of sp³-hybridized carbons (Fsp3) is 0.250. The van der Waals surface area contributed by atoms with Gasteiger partial charge in [0.1, 0.15) is 5.82 Å². The van der Waals surface area contributed by atoms with Crippen LogP contribution < -0.4 is 5.73 Å². The van der Waals surface area contributed by atoms with Crippen molar-refractivity contribution in [3.05, 3.63) is 71.0 Å². The number of rotatable bonds is 3. The van der Waals surface area contributed by atoms with Gasteiger partial charge in [0, 0.05) is 0 Å². The first-order chi connectivity index (χ1) is 8.59. The monoisotopic (exact) mass is 243 g/mol. The molecule has 18 heavy (non-hydrogen) atoms. The van der Waals surface area contributed by atoms with Crippen LogP contribution in [0.2, 0.25) is 0 Å². The molecule has 0 bridgehead atoms. The van der Waals surface area contributed by atoms with Crippen LogP contribution in [0, 0.1) is 5.82 Å². The summed E-state index contributed by atoms with van der Waals surface area (Å²) in [5, 5.41) is 0. The fourth-order valence-electron chi connectivity index (χ4n) is 2.06. The molecule has 0 aliphatic heterocycles. The lowest BCUT2D eigenvalue weighted by molar-refractivity contribution is 0.594. The predicted octanol–water partition coefficient (Wildman–Crippen LogP) is 4.00. The molecule has 0 aliphatic rings. The molecular formula is C16H18FN. The van der Waals surface area contributed by atoms with Crippen molar-refractivity contribution in [1.29, 1.82) is 0 Å². The summed E-state index contributed by atoms with van der Waals surface area (Å²) >= 11 is 0. The Morgan fingerprint density at radius 2 is 1.61 bits per heavy atom. The van der Waals surface area contributed by atoms with E-state index in [9.17, 15) is 4.39 Å². The molecule has 1 unspecified atom stereocenters. The molecule has 0 saturated carbocycles. The van der Waals surface area contributed by atoms with Crippen LogP contribution in [0.25, 0.3) is 0 Å². The third-order valence-corrected chi connectivity index (χ3v) is 3.16. The molecule has 0 spiro atoms. The van der Waals surface area contributed by atoms with Gasteiger partial charge in [0.25, 0.3) is 0 Å². The van der Waals surface area contributed by atoms with Gasteiger partial charge in [0.15, 0.2) is 0 Å². The first-order valence-corrected chi connectivity index (χ1v) is 6.19. The van der Waals surface area contributed by atoms with Crippen molar-refractivity contribution in [3.63, 3.8) is 0 Å². The minimum absolute atomic E-state index is 0.172. The van der Waals surface area contributed by atoms with Gasteiger partial charge < -0.3 is 5.73 Å². The van der Waals surface area contributed by atoms with E-state index in [0.717, 1.165) is 16.7 Å². The Hall–Kier alpha value is -1.67. The summed E-state index contributed by atoms with van der Waals surface area (Å²) in [6.07, 6.45) is 0. The van der Waals surface area contributed by atoms with E-state index in [2.05, 4.69) is 0 Å². The Bertz CT molecular complexity index is 520. The highest BCUT2D eigenvalue weighted by atomic mass is 19.1. The van der Waals surface area contributed by atoms with Crippen molar-refractivity contribution in [2.75, 3.05) is 0 Å². The molecule has 2 N–H and O–H groups in total. The van der Waals surface area contributed by atoms with E-state index in [-0.39, 0.29) is 17.8 Å². The van der Waals surface area contributed by atoms with Crippen molar-refractivity contribution in [3.8, 4) is 0 Å². The van der Waals surface area contributed by atoms with E-state index < -0.39 is 0 Å². The highest BCUT2D eigenvalue weighted by Gasteiger charge is 2.12. The third-order valence-electron chi connectivity index (χ3n) is 3.16. The highest BCUT2D eigenvalue weighted by molar-refractivity contribution is 5.34. The van der Waals surface area contributed by atoms with Gasteiger partial charge in [-0.05, 0) is 28.7 Å². The van der Waals surface area contributed by atoms with Crippen LogP contribution in [0.3, 0.4) is 0 Å². The lowest BCUT2D eigenvalue weighted by Crippen LogP contribution is -2.12. The Morgan fingerprint density at radius 1 is 0.944 bits per heavy atom. The molecule has 0 saturated heterocycles. The van der Waals surface area contributed by atoms with Crippen molar-refractivity contribution in [2.24, 2.45) is 5.73 Å². The van der Waals surface area contributed by atoms with Gasteiger partial charge in [-0.25, -0.2) is 4.39 Å². The number of hydrogen-bond donors (Lipinski definition) is 1. The predicted molar refractivity (Wildman–Crippen MR) is 73.0 cm³/mol. The molecule has 2 aromatic rings. The van der Waals surface area contributed by atoms with Crippen LogP contribution >= 0.6 is 0 Å². The fourth-order valence-corrected chi connectivity index (χ4v) is 2.06. The van der Waals surface area contributed by atoms with Gasteiger partial charge in [-0.2, -0.15) is 0 Å². The zero-order chi connectivity index (χ0) is 13.1. The Morgan fingerprint density at radius 3 is 2.17 bits per heavy atom. The lowest BCUT2D eigenvalue weighted by atomic mass is 9.95. The normalized spacial score (nSPS) is 12.7. The molecule has 0 aromatic heterocycles. The van der Waals surface area contributed by atoms with Crippen LogP contribution in [-0.4, -0.2) is 0 Å². The van der Waals surface area contributed by atoms with Crippen LogP contribution in [-0.2, 0) is 0 Å². The van der Waals surface area contributed by atoms with Gasteiger partial charge in [0.2, 0.25) is 0 Å². The molecule has 0 heterocycles. The molecular weight excluding hydrogens is 225 g/mol. The van der Waals surface area contributed by atoms with E-state index in [0.29, 0.717) is 0 Å². The second-order valence-corrected chi connectivity index (χ2v) is 4.82. The minimum Gasteiger partial charge on any atom is -0.320 e. The van der Waals surface area contributed by atoms with Crippen molar-refractivity contribution in [1.82, 2.24) is 0 Å². The average molecular weight is 243 g/mol. The lowest BCUT2D eigenvalue weighted by Gasteiger charge is -2.15. The summed E-state index contributed by atoms with van der Waals surface area (Å²) in [5.41, 5.74) is 8.68. The van der Waals surface area contributed by atoms with Crippen LogP contribution in [0.5, 0.6) is 0 Å². The van der Waals surface area contributed by atoms with Gasteiger partial charge >= 0.3 is 0 Å².